The predicted octanol–water partition coefficient (Wildman–Crippen LogP) is 2.00. The summed E-state index contributed by atoms with van der Waals surface area (Å²) < 4.78 is 5.22. The van der Waals surface area contributed by atoms with E-state index >= 15 is 0 Å². The maximum atomic E-state index is 12.3. The van der Waals surface area contributed by atoms with Crippen LogP contribution in [0.3, 0.4) is 0 Å². The van der Waals surface area contributed by atoms with E-state index in [-0.39, 0.29) is 34.8 Å². The number of aryl methyl sites for hydroxylation is 1. The molecule has 1 amide bonds. The molecule has 0 radical (unpaired) electrons. The first-order chi connectivity index (χ1) is 13.8. The zero-order chi connectivity index (χ0) is 21.1. The Balaban J connectivity index is 1.79. The summed E-state index contributed by atoms with van der Waals surface area (Å²) in [5.74, 6) is -2.19. The molecule has 7 nitrogen and oxygen atoms in total. The van der Waals surface area contributed by atoms with Gasteiger partial charge in [-0.1, -0.05) is 41.9 Å². The average molecular weight is 415 g/mol. The number of rotatable bonds is 6. The minimum absolute atomic E-state index is 0.0446. The van der Waals surface area contributed by atoms with E-state index in [0.29, 0.717) is 16.5 Å². The minimum Gasteiger partial charge on any atom is -0.548 e. The fourth-order valence-electron chi connectivity index (χ4n) is 3.08. The largest absolute Gasteiger partial charge is 0.548 e. The van der Waals surface area contributed by atoms with Gasteiger partial charge in [0, 0.05) is 23.4 Å². The number of benzene rings is 2. The van der Waals surface area contributed by atoms with Gasteiger partial charge in [-0.25, -0.2) is 4.79 Å². The van der Waals surface area contributed by atoms with Crippen molar-refractivity contribution in [2.75, 3.05) is 0 Å². The smallest absolute Gasteiger partial charge is 0.339 e. The number of phenols is 1. The van der Waals surface area contributed by atoms with Crippen LogP contribution in [-0.2, 0) is 16.0 Å². The van der Waals surface area contributed by atoms with Crippen LogP contribution in [0.5, 0.6) is 5.75 Å². The zero-order valence-corrected chi connectivity index (χ0v) is 16.2. The molecule has 1 atom stereocenters. The molecule has 29 heavy (non-hydrogen) atoms. The molecule has 3 aromatic rings. The molecular formula is C21H17ClNO6-. The number of carboxylic acids is 1. The van der Waals surface area contributed by atoms with E-state index in [1.807, 2.05) is 0 Å². The van der Waals surface area contributed by atoms with E-state index in [2.05, 4.69) is 5.32 Å². The first kappa shape index (κ1) is 20.4. The first-order valence-electron chi connectivity index (χ1n) is 8.78. The maximum absolute atomic E-state index is 12.3. The van der Waals surface area contributed by atoms with Crippen LogP contribution in [0.15, 0.2) is 51.7 Å². The standard InChI is InChI=1S/C21H18ClNO6/c1-11-13(21(28)29-17-10-16(24)15(22)9-14(11)17)7-8-18(25)23-19(20(26)27)12-5-3-2-4-6-12/h2-6,9-10,19,24H,7-8H2,1H3,(H,23,25)(H,26,27)/p-1/t19-/m0/s1. The fraction of sp³-hybridized carbons (Fsp3) is 0.190. The van der Waals surface area contributed by atoms with Crippen molar-refractivity contribution in [2.45, 2.75) is 25.8 Å². The van der Waals surface area contributed by atoms with Gasteiger partial charge in [0.1, 0.15) is 11.3 Å². The van der Waals surface area contributed by atoms with Crippen molar-refractivity contribution >= 4 is 34.4 Å². The number of fused-ring (bicyclic) bond motifs is 1. The Labute approximate surface area is 170 Å². The predicted molar refractivity (Wildman–Crippen MR) is 105 cm³/mol. The molecular weight excluding hydrogens is 398 g/mol. The van der Waals surface area contributed by atoms with Crippen LogP contribution in [0.2, 0.25) is 5.02 Å². The Hall–Kier alpha value is -3.32. The number of amides is 1. The zero-order valence-electron chi connectivity index (χ0n) is 15.4. The van der Waals surface area contributed by atoms with Crippen molar-refractivity contribution in [2.24, 2.45) is 0 Å². The summed E-state index contributed by atoms with van der Waals surface area (Å²) in [7, 11) is 0. The number of nitrogens with one attached hydrogen (secondary N) is 1. The second kappa shape index (κ2) is 8.36. The van der Waals surface area contributed by atoms with Crippen LogP contribution in [0.25, 0.3) is 11.0 Å². The molecule has 0 aliphatic carbocycles. The van der Waals surface area contributed by atoms with Crippen molar-refractivity contribution < 1.29 is 24.2 Å². The number of hydrogen-bond donors (Lipinski definition) is 2. The third kappa shape index (κ3) is 4.41. The highest BCUT2D eigenvalue weighted by atomic mass is 35.5. The number of carboxylic acid groups (broad SMARTS) is 1. The lowest BCUT2D eigenvalue weighted by molar-refractivity contribution is -0.308. The van der Waals surface area contributed by atoms with Crippen molar-refractivity contribution in [1.82, 2.24) is 5.32 Å². The molecule has 2 aromatic carbocycles. The Morgan fingerprint density at radius 3 is 2.59 bits per heavy atom. The second-order valence-electron chi connectivity index (χ2n) is 6.52. The molecule has 0 fully saturated rings. The molecule has 150 valence electrons. The second-order valence-corrected chi connectivity index (χ2v) is 6.93. The van der Waals surface area contributed by atoms with E-state index in [9.17, 15) is 24.6 Å². The van der Waals surface area contributed by atoms with Gasteiger partial charge in [-0.2, -0.15) is 0 Å². The van der Waals surface area contributed by atoms with Crippen molar-refractivity contribution in [3.05, 3.63) is 74.6 Å². The molecule has 8 heteroatoms. The molecule has 0 aliphatic heterocycles. The summed E-state index contributed by atoms with van der Waals surface area (Å²) in [6.45, 7) is 1.69. The van der Waals surface area contributed by atoms with Gasteiger partial charge in [0.2, 0.25) is 5.91 Å². The highest BCUT2D eigenvalue weighted by molar-refractivity contribution is 6.32. The summed E-state index contributed by atoms with van der Waals surface area (Å²) in [6.07, 6.45) is -0.0808. The Bertz CT molecular complexity index is 1140. The molecule has 0 saturated carbocycles. The molecule has 2 N–H and O–H groups in total. The molecule has 0 spiro atoms. The topological polar surface area (TPSA) is 120 Å². The summed E-state index contributed by atoms with van der Waals surface area (Å²) in [5.41, 5.74) is 0.786. The number of carbonyl (C=O) groups is 2. The van der Waals surface area contributed by atoms with Gasteiger partial charge >= 0.3 is 5.63 Å². The van der Waals surface area contributed by atoms with Crippen molar-refractivity contribution in [3.8, 4) is 5.75 Å². The Morgan fingerprint density at radius 1 is 1.24 bits per heavy atom. The van der Waals surface area contributed by atoms with E-state index < -0.39 is 23.5 Å². The van der Waals surface area contributed by atoms with Gasteiger partial charge in [0.25, 0.3) is 0 Å². The average Bonchev–Trinajstić information content (AvgIpc) is 2.68. The molecule has 0 bridgehead atoms. The van der Waals surface area contributed by atoms with E-state index in [0.717, 1.165) is 0 Å². The van der Waals surface area contributed by atoms with Crippen LogP contribution in [0.4, 0.5) is 0 Å². The van der Waals surface area contributed by atoms with Gasteiger partial charge in [-0.3, -0.25) is 4.79 Å². The number of halogens is 1. The third-order valence-corrected chi connectivity index (χ3v) is 4.93. The van der Waals surface area contributed by atoms with E-state index in [1.54, 1.807) is 37.3 Å². The third-order valence-electron chi connectivity index (χ3n) is 4.63. The quantitative estimate of drug-likeness (QED) is 0.595. The van der Waals surface area contributed by atoms with Crippen molar-refractivity contribution in [1.29, 1.82) is 0 Å². The monoisotopic (exact) mass is 414 g/mol. The maximum Gasteiger partial charge on any atom is 0.339 e. The number of hydrogen-bond acceptors (Lipinski definition) is 6. The minimum atomic E-state index is -1.43. The van der Waals surface area contributed by atoms with Crippen LogP contribution in [0, 0.1) is 6.92 Å². The molecule has 0 saturated heterocycles. The highest BCUT2D eigenvalue weighted by Crippen LogP contribution is 2.31. The number of aliphatic carboxylic acids is 1. The lowest BCUT2D eigenvalue weighted by Crippen LogP contribution is -2.41. The van der Waals surface area contributed by atoms with Crippen LogP contribution < -0.4 is 16.0 Å². The molecule has 0 unspecified atom stereocenters. The molecule has 1 aromatic heterocycles. The number of phenolic OH excluding ortho intramolecular Hbond substituents is 1. The Kier molecular flexibility index (Phi) is 5.89. The number of carbonyl (C=O) groups excluding carboxylic acids is 2. The van der Waals surface area contributed by atoms with E-state index in [4.69, 9.17) is 16.0 Å². The normalized spacial score (nSPS) is 11.9. The summed E-state index contributed by atoms with van der Waals surface area (Å²) in [5, 5.41) is 24.1. The van der Waals surface area contributed by atoms with Gasteiger partial charge in [0.15, 0.2) is 0 Å². The van der Waals surface area contributed by atoms with Crippen LogP contribution in [-0.4, -0.2) is 17.0 Å². The molecule has 1 heterocycles. The summed E-state index contributed by atoms with van der Waals surface area (Å²) >= 11 is 5.93. The fourth-order valence-corrected chi connectivity index (χ4v) is 3.25. The SMILES string of the molecule is Cc1c(CCC(=O)N[C@H](C(=O)[O-])c2ccccc2)c(=O)oc2cc(O)c(Cl)cc12. The first-order valence-corrected chi connectivity index (χ1v) is 9.15. The van der Waals surface area contributed by atoms with Crippen LogP contribution in [0.1, 0.15) is 29.2 Å². The van der Waals surface area contributed by atoms with Gasteiger partial charge in [-0.05, 0) is 30.5 Å². The summed E-state index contributed by atoms with van der Waals surface area (Å²) in [6, 6.07) is 9.63. The molecule has 3 rings (SSSR count). The van der Waals surface area contributed by atoms with Gasteiger partial charge in [-0.15, -0.1) is 0 Å². The van der Waals surface area contributed by atoms with Gasteiger partial charge in [0.05, 0.1) is 17.0 Å². The lowest BCUT2D eigenvalue weighted by atomic mass is 10.0. The van der Waals surface area contributed by atoms with E-state index in [1.165, 1.54) is 12.1 Å². The Morgan fingerprint density at radius 2 is 1.93 bits per heavy atom. The summed E-state index contributed by atoms with van der Waals surface area (Å²) in [4.78, 5) is 36.0. The lowest BCUT2D eigenvalue weighted by Gasteiger charge is -2.20. The van der Waals surface area contributed by atoms with Gasteiger partial charge < -0.3 is 24.7 Å². The number of aromatic hydroxyl groups is 1. The van der Waals surface area contributed by atoms with Crippen LogP contribution >= 0.6 is 11.6 Å². The highest BCUT2D eigenvalue weighted by Gasteiger charge is 2.18. The molecule has 0 aliphatic rings. The van der Waals surface area contributed by atoms with Crippen molar-refractivity contribution in [3.63, 3.8) is 0 Å².